The van der Waals surface area contributed by atoms with Crippen LogP contribution < -0.4 is 4.74 Å². The van der Waals surface area contributed by atoms with Crippen LogP contribution in [0.4, 0.5) is 5.82 Å². The molecule has 0 saturated carbocycles. The molecule has 7 nitrogen and oxygen atoms in total. The minimum absolute atomic E-state index is 0.0178. The monoisotopic (exact) mass is 329 g/mol. The van der Waals surface area contributed by atoms with Gasteiger partial charge in [-0.15, -0.1) is 0 Å². The molecule has 2 aromatic rings. The first-order valence-electron chi connectivity index (χ1n) is 7.41. The second-order valence-corrected chi connectivity index (χ2v) is 5.55. The van der Waals surface area contributed by atoms with E-state index in [9.17, 15) is 14.9 Å². The van der Waals surface area contributed by atoms with Gasteiger partial charge in [0.2, 0.25) is 5.75 Å². The van der Waals surface area contributed by atoms with Gasteiger partial charge in [-0.1, -0.05) is 23.8 Å². The van der Waals surface area contributed by atoms with Crippen molar-refractivity contribution in [3.63, 3.8) is 0 Å². The van der Waals surface area contributed by atoms with Crippen molar-refractivity contribution < 1.29 is 14.5 Å². The Morgan fingerprint density at radius 1 is 1.33 bits per heavy atom. The summed E-state index contributed by atoms with van der Waals surface area (Å²) in [5.41, 5.74) is 3.32. The highest BCUT2D eigenvalue weighted by molar-refractivity contribution is 5.77. The van der Waals surface area contributed by atoms with Crippen LogP contribution in [-0.2, 0) is 11.3 Å². The maximum Gasteiger partial charge on any atom is 0.406 e. The summed E-state index contributed by atoms with van der Waals surface area (Å²) in [5.74, 6) is -0.689. The Morgan fingerprint density at radius 3 is 2.75 bits per heavy atom. The second-order valence-electron chi connectivity index (χ2n) is 5.55. The molecule has 2 rings (SSSR count). The predicted octanol–water partition coefficient (Wildman–Crippen LogP) is 2.64. The molecule has 0 bridgehead atoms. The third-order valence-corrected chi connectivity index (χ3v) is 3.61. The van der Waals surface area contributed by atoms with Crippen LogP contribution in [0.1, 0.15) is 16.7 Å². The number of nitrogens with zero attached hydrogens (tertiary/aromatic N) is 3. The Morgan fingerprint density at radius 2 is 2.08 bits per heavy atom. The minimum Gasteiger partial charge on any atom is -0.476 e. The first kappa shape index (κ1) is 17.4. The number of carbonyl (C=O) groups excluding carboxylic acids is 1. The van der Waals surface area contributed by atoms with Crippen molar-refractivity contribution in [3.05, 3.63) is 63.3 Å². The summed E-state index contributed by atoms with van der Waals surface area (Å²) in [6.45, 7) is 4.17. The van der Waals surface area contributed by atoms with E-state index in [1.54, 1.807) is 7.05 Å². The van der Waals surface area contributed by atoms with Crippen molar-refractivity contribution in [1.82, 2.24) is 9.88 Å². The van der Waals surface area contributed by atoms with Gasteiger partial charge < -0.3 is 19.8 Å². The molecule has 126 valence electrons. The van der Waals surface area contributed by atoms with E-state index in [1.807, 2.05) is 26.0 Å². The highest BCUT2D eigenvalue weighted by atomic mass is 16.6. The molecule has 1 amide bonds. The van der Waals surface area contributed by atoms with Gasteiger partial charge in [-0.3, -0.25) is 4.79 Å². The summed E-state index contributed by atoms with van der Waals surface area (Å²) in [4.78, 5) is 27.6. The van der Waals surface area contributed by atoms with Crippen molar-refractivity contribution in [2.24, 2.45) is 0 Å². The molecule has 1 aromatic carbocycles. The SMILES string of the molecule is Cc1ccc(CN(C)C(=O)COc2cccnc2[N+](=O)[O-])c(C)c1. The van der Waals surface area contributed by atoms with Gasteiger partial charge in [0, 0.05) is 13.6 Å². The molecule has 0 saturated heterocycles. The fourth-order valence-corrected chi connectivity index (χ4v) is 2.25. The molecule has 0 atom stereocenters. The Hall–Kier alpha value is -2.96. The van der Waals surface area contributed by atoms with E-state index < -0.39 is 10.7 Å². The summed E-state index contributed by atoms with van der Waals surface area (Å²) in [6.07, 6.45) is 1.30. The summed E-state index contributed by atoms with van der Waals surface area (Å²) < 4.78 is 5.27. The van der Waals surface area contributed by atoms with E-state index in [-0.39, 0.29) is 18.3 Å². The highest BCUT2D eigenvalue weighted by Gasteiger charge is 2.18. The lowest BCUT2D eigenvalue weighted by Gasteiger charge is -2.19. The molecule has 0 radical (unpaired) electrons. The smallest absolute Gasteiger partial charge is 0.406 e. The Labute approximate surface area is 140 Å². The van der Waals surface area contributed by atoms with Gasteiger partial charge in [-0.2, -0.15) is 0 Å². The van der Waals surface area contributed by atoms with Crippen molar-refractivity contribution in [2.45, 2.75) is 20.4 Å². The lowest BCUT2D eigenvalue weighted by Crippen LogP contribution is -2.31. The third kappa shape index (κ3) is 4.28. The second kappa shape index (κ2) is 7.54. The molecule has 1 aromatic heterocycles. The van der Waals surface area contributed by atoms with Crippen molar-refractivity contribution in [3.8, 4) is 5.75 Å². The molecule has 7 heteroatoms. The molecule has 0 aliphatic rings. The first-order valence-corrected chi connectivity index (χ1v) is 7.41. The Balaban J connectivity index is 1.98. The van der Waals surface area contributed by atoms with Gasteiger partial charge in [0.05, 0.1) is 0 Å². The van der Waals surface area contributed by atoms with Gasteiger partial charge in [-0.25, -0.2) is 0 Å². The average molecular weight is 329 g/mol. The van der Waals surface area contributed by atoms with E-state index in [0.29, 0.717) is 6.54 Å². The number of likely N-dealkylation sites (N-methyl/N-ethyl adjacent to an activating group) is 1. The van der Waals surface area contributed by atoms with Gasteiger partial charge in [0.25, 0.3) is 5.91 Å². The lowest BCUT2D eigenvalue weighted by atomic mass is 10.1. The molecule has 0 aliphatic heterocycles. The van der Waals surface area contributed by atoms with E-state index in [0.717, 1.165) is 16.7 Å². The van der Waals surface area contributed by atoms with E-state index in [4.69, 9.17) is 4.74 Å². The molecular weight excluding hydrogens is 310 g/mol. The first-order chi connectivity index (χ1) is 11.4. The molecular formula is C17H19N3O4. The zero-order valence-corrected chi connectivity index (χ0v) is 13.9. The van der Waals surface area contributed by atoms with Crippen LogP contribution in [0.3, 0.4) is 0 Å². The normalized spacial score (nSPS) is 10.3. The average Bonchev–Trinajstić information content (AvgIpc) is 2.55. The van der Waals surface area contributed by atoms with Crippen LogP contribution in [0.5, 0.6) is 5.75 Å². The van der Waals surface area contributed by atoms with E-state index in [2.05, 4.69) is 11.1 Å². The van der Waals surface area contributed by atoms with Crippen molar-refractivity contribution in [1.29, 1.82) is 0 Å². The molecule has 0 spiro atoms. The number of aromatic nitrogens is 1. The van der Waals surface area contributed by atoms with Crippen LogP contribution in [-0.4, -0.2) is 34.4 Å². The van der Waals surface area contributed by atoms with Gasteiger partial charge in [0.15, 0.2) is 6.61 Å². The number of hydrogen-bond donors (Lipinski definition) is 0. The number of pyridine rings is 1. The summed E-state index contributed by atoms with van der Waals surface area (Å²) in [7, 11) is 1.67. The van der Waals surface area contributed by atoms with Crippen molar-refractivity contribution >= 4 is 11.7 Å². The summed E-state index contributed by atoms with van der Waals surface area (Å²) in [5, 5.41) is 10.9. The quantitative estimate of drug-likeness (QED) is 0.601. The number of rotatable bonds is 6. The fourth-order valence-electron chi connectivity index (χ4n) is 2.25. The van der Waals surface area contributed by atoms with Gasteiger partial charge >= 0.3 is 5.82 Å². The van der Waals surface area contributed by atoms with Crippen LogP contribution in [0.15, 0.2) is 36.5 Å². The minimum atomic E-state index is -0.640. The number of aryl methyl sites for hydroxylation is 2. The van der Waals surface area contributed by atoms with Crippen LogP contribution >= 0.6 is 0 Å². The third-order valence-electron chi connectivity index (χ3n) is 3.61. The Kier molecular flexibility index (Phi) is 5.47. The van der Waals surface area contributed by atoms with Gasteiger partial charge in [-0.05, 0) is 47.0 Å². The standard InChI is InChI=1S/C17H19N3O4/c1-12-6-7-14(13(2)9-12)10-19(3)16(21)11-24-15-5-4-8-18-17(15)20(22)23/h4-9H,10-11H2,1-3H3. The zero-order chi connectivity index (χ0) is 17.7. The van der Waals surface area contributed by atoms with E-state index >= 15 is 0 Å². The highest BCUT2D eigenvalue weighted by Crippen LogP contribution is 2.22. The number of benzene rings is 1. The topological polar surface area (TPSA) is 85.6 Å². The number of nitro groups is 1. The molecule has 0 N–H and O–H groups in total. The number of hydrogen-bond acceptors (Lipinski definition) is 5. The fraction of sp³-hybridized carbons (Fsp3) is 0.294. The number of ether oxygens (including phenoxy) is 1. The summed E-state index contributed by atoms with van der Waals surface area (Å²) in [6, 6.07) is 8.98. The molecule has 0 aliphatic carbocycles. The van der Waals surface area contributed by atoms with Gasteiger partial charge in [0.1, 0.15) is 6.20 Å². The van der Waals surface area contributed by atoms with Crippen LogP contribution in [0.25, 0.3) is 0 Å². The zero-order valence-electron chi connectivity index (χ0n) is 13.9. The van der Waals surface area contributed by atoms with Crippen LogP contribution in [0.2, 0.25) is 0 Å². The molecule has 24 heavy (non-hydrogen) atoms. The lowest BCUT2D eigenvalue weighted by molar-refractivity contribution is -0.390. The maximum absolute atomic E-state index is 12.2. The van der Waals surface area contributed by atoms with E-state index in [1.165, 1.54) is 23.2 Å². The largest absolute Gasteiger partial charge is 0.476 e. The maximum atomic E-state index is 12.2. The molecule has 1 heterocycles. The predicted molar refractivity (Wildman–Crippen MR) is 88.8 cm³/mol. The van der Waals surface area contributed by atoms with Crippen LogP contribution in [0, 0.1) is 24.0 Å². The molecule has 0 fully saturated rings. The number of carbonyl (C=O) groups is 1. The Bertz CT molecular complexity index is 761. The summed E-state index contributed by atoms with van der Waals surface area (Å²) >= 11 is 0. The molecule has 0 unspecified atom stereocenters. The van der Waals surface area contributed by atoms with Crippen molar-refractivity contribution in [2.75, 3.05) is 13.7 Å². The number of amides is 1.